The molecule has 0 amide bonds. The summed E-state index contributed by atoms with van der Waals surface area (Å²) in [6, 6.07) is 10.8. The molecule has 0 atom stereocenters. The van der Waals surface area contributed by atoms with Gasteiger partial charge in [0.1, 0.15) is 5.75 Å². The number of aromatic nitrogens is 1. The van der Waals surface area contributed by atoms with E-state index in [1.165, 1.54) is 6.20 Å². The van der Waals surface area contributed by atoms with E-state index in [-0.39, 0.29) is 5.97 Å². The number of esters is 1. The van der Waals surface area contributed by atoms with Gasteiger partial charge in [0.25, 0.3) is 0 Å². The number of pyridine rings is 1. The molecule has 0 spiro atoms. The second kappa shape index (κ2) is 6.56. The number of anilines is 1. The highest BCUT2D eigenvalue weighted by molar-refractivity contribution is 5.89. The molecule has 1 aromatic heterocycles. The third-order valence-electron chi connectivity index (χ3n) is 2.61. The number of ether oxygens (including phenoxy) is 2. The first-order chi connectivity index (χ1) is 9.72. The lowest BCUT2D eigenvalue weighted by molar-refractivity contribution is 0.0526. The van der Waals surface area contributed by atoms with Crippen LogP contribution >= 0.6 is 0 Å². The first-order valence-corrected chi connectivity index (χ1v) is 6.31. The molecule has 0 saturated carbocycles. The van der Waals surface area contributed by atoms with Gasteiger partial charge in [-0.15, -0.1) is 0 Å². The van der Waals surface area contributed by atoms with Crippen molar-refractivity contribution in [3.63, 3.8) is 0 Å². The molecule has 5 heteroatoms. The third-order valence-corrected chi connectivity index (χ3v) is 2.61. The minimum atomic E-state index is -0.384. The van der Waals surface area contributed by atoms with Gasteiger partial charge in [-0.25, -0.2) is 9.78 Å². The molecule has 0 aliphatic rings. The number of carbonyl (C=O) groups excluding carboxylic acids is 1. The van der Waals surface area contributed by atoms with Crippen LogP contribution in [0.25, 0.3) is 0 Å². The van der Waals surface area contributed by atoms with E-state index in [2.05, 4.69) is 10.3 Å². The van der Waals surface area contributed by atoms with Crippen molar-refractivity contribution in [2.75, 3.05) is 19.0 Å². The predicted octanol–water partition coefficient (Wildman–Crippen LogP) is 3.09. The Morgan fingerprint density at radius 1 is 1.20 bits per heavy atom. The summed E-state index contributed by atoms with van der Waals surface area (Å²) in [4.78, 5) is 15.6. The average Bonchev–Trinajstić information content (AvgIpc) is 2.49. The largest absolute Gasteiger partial charge is 0.462 e. The number of nitrogens with one attached hydrogen (secondary N) is 1. The molecule has 5 nitrogen and oxygen atoms in total. The van der Waals surface area contributed by atoms with Gasteiger partial charge in [0.2, 0.25) is 5.88 Å². The first-order valence-electron chi connectivity index (χ1n) is 6.31. The summed E-state index contributed by atoms with van der Waals surface area (Å²) >= 11 is 0. The lowest BCUT2D eigenvalue weighted by atomic mass is 10.3. The maximum absolute atomic E-state index is 11.5. The second-order valence-electron chi connectivity index (χ2n) is 3.98. The van der Waals surface area contributed by atoms with E-state index in [0.29, 0.717) is 23.8 Å². The maximum atomic E-state index is 11.5. The summed E-state index contributed by atoms with van der Waals surface area (Å²) in [6.45, 7) is 2.10. The predicted molar refractivity (Wildman–Crippen MR) is 76.3 cm³/mol. The Morgan fingerprint density at radius 2 is 1.95 bits per heavy atom. The molecule has 1 aromatic carbocycles. The summed E-state index contributed by atoms with van der Waals surface area (Å²) in [5.41, 5.74) is 1.41. The smallest absolute Gasteiger partial charge is 0.339 e. The van der Waals surface area contributed by atoms with Gasteiger partial charge in [0.05, 0.1) is 12.2 Å². The molecule has 2 rings (SSSR count). The van der Waals surface area contributed by atoms with Gasteiger partial charge in [-0.3, -0.25) is 0 Å². The van der Waals surface area contributed by atoms with Gasteiger partial charge in [-0.2, -0.15) is 0 Å². The Hall–Kier alpha value is -2.56. The van der Waals surface area contributed by atoms with E-state index < -0.39 is 0 Å². The van der Waals surface area contributed by atoms with Gasteiger partial charge in [-0.05, 0) is 37.3 Å². The molecule has 0 aliphatic heterocycles. The van der Waals surface area contributed by atoms with Crippen LogP contribution in [-0.4, -0.2) is 24.6 Å². The fraction of sp³-hybridized carbons (Fsp3) is 0.200. The molecule has 0 aliphatic carbocycles. The molecule has 0 bridgehead atoms. The maximum Gasteiger partial charge on any atom is 0.339 e. The highest BCUT2D eigenvalue weighted by Crippen LogP contribution is 2.21. The Balaban J connectivity index is 2.04. The van der Waals surface area contributed by atoms with Crippen molar-refractivity contribution in [1.29, 1.82) is 0 Å². The molecular weight excluding hydrogens is 256 g/mol. The van der Waals surface area contributed by atoms with Crippen LogP contribution in [0.3, 0.4) is 0 Å². The zero-order valence-electron chi connectivity index (χ0n) is 11.4. The van der Waals surface area contributed by atoms with Crippen LogP contribution in [-0.2, 0) is 4.74 Å². The monoisotopic (exact) mass is 272 g/mol. The second-order valence-corrected chi connectivity index (χ2v) is 3.98. The van der Waals surface area contributed by atoms with Crippen LogP contribution in [0.15, 0.2) is 42.6 Å². The van der Waals surface area contributed by atoms with Crippen LogP contribution in [0, 0.1) is 0 Å². The SMILES string of the molecule is CCOC(=O)c1ccc(Oc2ccc(NC)cc2)nc1. The third kappa shape index (κ3) is 3.47. The van der Waals surface area contributed by atoms with Crippen LogP contribution < -0.4 is 10.1 Å². The molecule has 0 fully saturated rings. The van der Waals surface area contributed by atoms with Crippen molar-refractivity contribution >= 4 is 11.7 Å². The van der Waals surface area contributed by atoms with E-state index in [1.54, 1.807) is 19.1 Å². The van der Waals surface area contributed by atoms with Crippen molar-refractivity contribution in [3.05, 3.63) is 48.2 Å². The Bertz CT molecular complexity index is 565. The number of rotatable bonds is 5. The lowest BCUT2D eigenvalue weighted by Crippen LogP contribution is -2.04. The van der Waals surface area contributed by atoms with E-state index in [9.17, 15) is 4.79 Å². The van der Waals surface area contributed by atoms with Crippen LogP contribution in [0.1, 0.15) is 17.3 Å². The standard InChI is InChI=1S/C15H16N2O3/c1-3-19-15(18)11-4-9-14(17-10-11)20-13-7-5-12(16-2)6-8-13/h4-10,16H,3H2,1-2H3. The highest BCUT2D eigenvalue weighted by Gasteiger charge is 2.07. The summed E-state index contributed by atoms with van der Waals surface area (Å²) in [5.74, 6) is 0.723. The minimum Gasteiger partial charge on any atom is -0.462 e. The number of carbonyl (C=O) groups is 1. The molecule has 1 N–H and O–H groups in total. The fourth-order valence-electron chi connectivity index (χ4n) is 1.59. The van der Waals surface area contributed by atoms with E-state index in [1.807, 2.05) is 31.3 Å². The molecule has 0 unspecified atom stereocenters. The average molecular weight is 272 g/mol. The van der Waals surface area contributed by atoms with Crippen molar-refractivity contribution in [3.8, 4) is 11.6 Å². The Kier molecular flexibility index (Phi) is 4.55. The lowest BCUT2D eigenvalue weighted by Gasteiger charge is -2.06. The molecule has 0 radical (unpaired) electrons. The van der Waals surface area contributed by atoms with Crippen LogP contribution in [0.4, 0.5) is 5.69 Å². The molecule has 1 heterocycles. The number of hydrogen-bond donors (Lipinski definition) is 1. The van der Waals surface area contributed by atoms with Crippen molar-refractivity contribution in [1.82, 2.24) is 4.98 Å². The van der Waals surface area contributed by atoms with Crippen molar-refractivity contribution in [2.45, 2.75) is 6.92 Å². The summed E-state index contributed by atoms with van der Waals surface area (Å²) < 4.78 is 10.5. The van der Waals surface area contributed by atoms with Gasteiger partial charge in [0.15, 0.2) is 0 Å². The fourth-order valence-corrected chi connectivity index (χ4v) is 1.59. The normalized spacial score (nSPS) is 9.90. The van der Waals surface area contributed by atoms with E-state index in [4.69, 9.17) is 9.47 Å². The zero-order valence-corrected chi connectivity index (χ0v) is 11.4. The summed E-state index contributed by atoms with van der Waals surface area (Å²) in [6.07, 6.45) is 1.44. The summed E-state index contributed by atoms with van der Waals surface area (Å²) in [5, 5.41) is 3.03. The topological polar surface area (TPSA) is 60.5 Å². The molecule has 104 valence electrons. The Labute approximate surface area is 117 Å². The Morgan fingerprint density at radius 3 is 2.50 bits per heavy atom. The van der Waals surface area contributed by atoms with E-state index in [0.717, 1.165) is 5.69 Å². The van der Waals surface area contributed by atoms with Gasteiger partial charge >= 0.3 is 5.97 Å². The first kappa shape index (κ1) is 13.9. The van der Waals surface area contributed by atoms with Gasteiger partial charge in [0, 0.05) is 25.0 Å². The highest BCUT2D eigenvalue weighted by atomic mass is 16.5. The van der Waals surface area contributed by atoms with Crippen LogP contribution in [0.2, 0.25) is 0 Å². The molecular formula is C15H16N2O3. The zero-order chi connectivity index (χ0) is 14.4. The number of benzene rings is 1. The van der Waals surface area contributed by atoms with Crippen molar-refractivity contribution in [2.24, 2.45) is 0 Å². The quantitative estimate of drug-likeness (QED) is 0.847. The van der Waals surface area contributed by atoms with E-state index >= 15 is 0 Å². The summed E-state index contributed by atoms with van der Waals surface area (Å²) in [7, 11) is 1.85. The number of hydrogen-bond acceptors (Lipinski definition) is 5. The molecule has 2 aromatic rings. The number of nitrogens with zero attached hydrogens (tertiary/aromatic N) is 1. The molecule has 20 heavy (non-hydrogen) atoms. The van der Waals surface area contributed by atoms with Crippen molar-refractivity contribution < 1.29 is 14.3 Å². The molecule has 0 saturated heterocycles. The van der Waals surface area contributed by atoms with Gasteiger partial charge in [-0.1, -0.05) is 0 Å². The van der Waals surface area contributed by atoms with Gasteiger partial charge < -0.3 is 14.8 Å². The minimum absolute atomic E-state index is 0.342. The van der Waals surface area contributed by atoms with Crippen LogP contribution in [0.5, 0.6) is 11.6 Å².